The second kappa shape index (κ2) is 4.85. The molecule has 1 fully saturated rings. The van der Waals surface area contributed by atoms with Gasteiger partial charge in [0, 0.05) is 12.0 Å². The van der Waals surface area contributed by atoms with Crippen molar-refractivity contribution in [2.75, 3.05) is 5.73 Å². The highest BCUT2D eigenvalue weighted by molar-refractivity contribution is 6.31. The van der Waals surface area contributed by atoms with E-state index in [1.807, 2.05) is 0 Å². The maximum Gasteiger partial charge on any atom is 0.175 e. The zero-order chi connectivity index (χ0) is 13.4. The van der Waals surface area contributed by atoms with Gasteiger partial charge in [0.1, 0.15) is 11.6 Å². The van der Waals surface area contributed by atoms with Crippen molar-refractivity contribution < 1.29 is 8.91 Å². The molecule has 3 rings (SSSR count). The van der Waals surface area contributed by atoms with Gasteiger partial charge >= 0.3 is 0 Å². The number of rotatable bonds is 3. The molecule has 0 atom stereocenters. The number of halogens is 2. The van der Waals surface area contributed by atoms with E-state index in [2.05, 4.69) is 5.16 Å². The van der Waals surface area contributed by atoms with Gasteiger partial charge in [0.2, 0.25) is 0 Å². The Morgan fingerprint density at radius 2 is 2.21 bits per heavy atom. The van der Waals surface area contributed by atoms with Crippen LogP contribution in [0.5, 0.6) is 0 Å². The van der Waals surface area contributed by atoms with Gasteiger partial charge in [-0.05, 0) is 12.0 Å². The molecule has 0 saturated heterocycles. The van der Waals surface area contributed by atoms with E-state index in [0.29, 0.717) is 22.8 Å². The van der Waals surface area contributed by atoms with Crippen LogP contribution >= 0.6 is 11.6 Å². The number of nitrogens with zero attached hydrogens (tertiary/aromatic N) is 1. The molecule has 1 aliphatic carbocycles. The fourth-order valence-corrected chi connectivity index (χ4v) is 2.60. The lowest BCUT2D eigenvalue weighted by atomic mass is 9.81. The predicted molar refractivity (Wildman–Crippen MR) is 72.4 cm³/mol. The lowest BCUT2D eigenvalue weighted by Crippen LogP contribution is -2.13. The van der Waals surface area contributed by atoms with E-state index >= 15 is 0 Å². The molecule has 0 aliphatic heterocycles. The van der Waals surface area contributed by atoms with E-state index < -0.39 is 5.82 Å². The Balaban J connectivity index is 2.03. The average molecular weight is 281 g/mol. The molecule has 1 aliphatic rings. The van der Waals surface area contributed by atoms with Crippen LogP contribution < -0.4 is 5.73 Å². The van der Waals surface area contributed by atoms with Crippen LogP contribution in [0.25, 0.3) is 11.1 Å². The topological polar surface area (TPSA) is 52.0 Å². The minimum absolute atomic E-state index is 0.0766. The number of nitrogen functional groups attached to an aromatic ring is 1. The predicted octanol–water partition coefficient (Wildman–Crippen LogP) is 4.06. The normalized spacial score (nSPS) is 15.5. The highest BCUT2D eigenvalue weighted by Gasteiger charge is 2.25. The third-order valence-electron chi connectivity index (χ3n) is 3.71. The van der Waals surface area contributed by atoms with Crippen molar-refractivity contribution in [3.05, 3.63) is 34.8 Å². The first kappa shape index (κ1) is 12.5. The first-order valence-electron chi connectivity index (χ1n) is 6.35. The van der Waals surface area contributed by atoms with Gasteiger partial charge in [-0.3, -0.25) is 0 Å². The van der Waals surface area contributed by atoms with Crippen LogP contribution in [0.4, 0.5) is 10.2 Å². The lowest BCUT2D eigenvalue weighted by Gasteiger charge is -2.24. The first-order valence-corrected chi connectivity index (χ1v) is 6.73. The van der Waals surface area contributed by atoms with Crippen molar-refractivity contribution in [3.63, 3.8) is 0 Å². The van der Waals surface area contributed by atoms with E-state index in [1.54, 1.807) is 12.1 Å². The van der Waals surface area contributed by atoms with Crippen molar-refractivity contribution in [1.29, 1.82) is 0 Å². The number of hydrogen-bond donors (Lipinski definition) is 1. The number of benzene rings is 1. The molecular weight excluding hydrogens is 267 g/mol. The molecule has 0 amide bonds. The minimum Gasteiger partial charge on any atom is -0.380 e. The second-order valence-corrected chi connectivity index (χ2v) is 5.38. The number of aromatic nitrogens is 1. The van der Waals surface area contributed by atoms with E-state index in [-0.39, 0.29) is 10.8 Å². The largest absolute Gasteiger partial charge is 0.380 e. The van der Waals surface area contributed by atoms with Crippen molar-refractivity contribution in [2.45, 2.75) is 25.7 Å². The van der Waals surface area contributed by atoms with Gasteiger partial charge in [-0.25, -0.2) is 4.39 Å². The van der Waals surface area contributed by atoms with E-state index in [1.165, 1.54) is 25.3 Å². The molecule has 2 aromatic rings. The highest BCUT2D eigenvalue weighted by Crippen LogP contribution is 2.38. The molecule has 2 N–H and O–H groups in total. The van der Waals surface area contributed by atoms with Crippen LogP contribution in [0.15, 0.2) is 22.7 Å². The monoisotopic (exact) mass is 280 g/mol. The summed E-state index contributed by atoms with van der Waals surface area (Å²) in [5, 5.41) is 3.84. The zero-order valence-corrected chi connectivity index (χ0v) is 11.1. The van der Waals surface area contributed by atoms with Crippen LogP contribution in [0.3, 0.4) is 0 Å². The molecule has 1 aromatic heterocycles. The third-order valence-corrected chi connectivity index (χ3v) is 4.00. The molecular formula is C14H14ClFN2O. The fraction of sp³-hybridized carbons (Fsp3) is 0.357. The summed E-state index contributed by atoms with van der Waals surface area (Å²) in [5.41, 5.74) is 6.72. The van der Waals surface area contributed by atoms with E-state index in [0.717, 1.165) is 6.42 Å². The molecule has 0 unspecified atom stereocenters. The van der Waals surface area contributed by atoms with Crippen molar-refractivity contribution in [3.8, 4) is 11.1 Å². The Labute approximate surface area is 115 Å². The van der Waals surface area contributed by atoms with Gasteiger partial charge in [0.05, 0.1) is 10.6 Å². The zero-order valence-electron chi connectivity index (χ0n) is 10.3. The standard InChI is InChI=1S/C14H14ClFN2O/c15-10-6-2-5-9(13(10)16)12-11(19-18-14(12)17)7-8-3-1-4-8/h2,5-6,8H,1,3-4,7H2,(H2,17,18). The van der Waals surface area contributed by atoms with Crippen LogP contribution in [-0.4, -0.2) is 5.16 Å². The molecule has 1 heterocycles. The summed E-state index contributed by atoms with van der Waals surface area (Å²) in [6.45, 7) is 0. The number of anilines is 1. The Morgan fingerprint density at radius 1 is 1.42 bits per heavy atom. The summed E-state index contributed by atoms with van der Waals surface area (Å²) in [6, 6.07) is 4.85. The highest BCUT2D eigenvalue weighted by atomic mass is 35.5. The Kier molecular flexibility index (Phi) is 3.19. The molecule has 0 bridgehead atoms. The average Bonchev–Trinajstić information content (AvgIpc) is 2.69. The maximum absolute atomic E-state index is 14.1. The number of nitrogens with two attached hydrogens (primary N) is 1. The van der Waals surface area contributed by atoms with E-state index in [4.69, 9.17) is 21.9 Å². The Hall–Kier alpha value is -1.55. The molecule has 5 heteroatoms. The van der Waals surface area contributed by atoms with Gasteiger partial charge in [-0.2, -0.15) is 0 Å². The second-order valence-electron chi connectivity index (χ2n) is 4.97. The molecule has 100 valence electrons. The van der Waals surface area contributed by atoms with Crippen LogP contribution in [0.2, 0.25) is 5.02 Å². The van der Waals surface area contributed by atoms with Crippen LogP contribution in [0, 0.1) is 11.7 Å². The van der Waals surface area contributed by atoms with Gasteiger partial charge in [-0.15, -0.1) is 0 Å². The molecule has 3 nitrogen and oxygen atoms in total. The van der Waals surface area contributed by atoms with Crippen LogP contribution in [0.1, 0.15) is 25.0 Å². The van der Waals surface area contributed by atoms with E-state index in [9.17, 15) is 4.39 Å². The Morgan fingerprint density at radius 3 is 2.89 bits per heavy atom. The summed E-state index contributed by atoms with van der Waals surface area (Å²) in [7, 11) is 0. The quantitative estimate of drug-likeness (QED) is 0.922. The SMILES string of the molecule is Nc1noc(CC2CCC2)c1-c1cccc(Cl)c1F. The van der Waals surface area contributed by atoms with Crippen molar-refractivity contribution in [2.24, 2.45) is 5.92 Å². The minimum atomic E-state index is -0.478. The molecule has 0 spiro atoms. The van der Waals surface area contributed by atoms with Gasteiger partial charge in [-0.1, -0.05) is 48.2 Å². The fourth-order valence-electron chi connectivity index (χ4n) is 2.42. The van der Waals surface area contributed by atoms with Crippen molar-refractivity contribution in [1.82, 2.24) is 5.16 Å². The first-order chi connectivity index (χ1) is 9.16. The number of hydrogen-bond acceptors (Lipinski definition) is 3. The summed E-state index contributed by atoms with van der Waals surface area (Å²) < 4.78 is 19.4. The Bertz CT molecular complexity index is 607. The lowest BCUT2D eigenvalue weighted by molar-refractivity contribution is 0.279. The van der Waals surface area contributed by atoms with Gasteiger partial charge in [0.15, 0.2) is 5.82 Å². The summed E-state index contributed by atoms with van der Waals surface area (Å²) in [4.78, 5) is 0. The smallest absolute Gasteiger partial charge is 0.175 e. The summed E-state index contributed by atoms with van der Waals surface area (Å²) in [5.74, 6) is 0.987. The van der Waals surface area contributed by atoms with Gasteiger partial charge in [0.25, 0.3) is 0 Å². The third kappa shape index (κ3) is 2.21. The van der Waals surface area contributed by atoms with Crippen LogP contribution in [-0.2, 0) is 6.42 Å². The molecule has 19 heavy (non-hydrogen) atoms. The molecule has 1 aromatic carbocycles. The molecule has 1 saturated carbocycles. The van der Waals surface area contributed by atoms with Gasteiger partial charge < -0.3 is 10.3 Å². The summed E-state index contributed by atoms with van der Waals surface area (Å²) >= 11 is 5.81. The maximum atomic E-state index is 14.1. The molecule has 0 radical (unpaired) electrons. The summed E-state index contributed by atoms with van der Waals surface area (Å²) in [6.07, 6.45) is 4.36. The van der Waals surface area contributed by atoms with Crippen molar-refractivity contribution >= 4 is 17.4 Å².